The highest BCUT2D eigenvalue weighted by Crippen LogP contribution is 2.21. The van der Waals surface area contributed by atoms with E-state index in [1.165, 1.54) is 0 Å². The summed E-state index contributed by atoms with van der Waals surface area (Å²) in [4.78, 5) is 10.9. The zero-order valence-corrected chi connectivity index (χ0v) is 6.82. The number of rotatable bonds is 1. The zero-order chi connectivity index (χ0) is 9.14. The second-order valence-electron chi connectivity index (χ2n) is 2.88. The Bertz CT molecular complexity index is 296. The number of nitriles is 1. The molecule has 0 saturated carbocycles. The van der Waals surface area contributed by atoms with E-state index in [2.05, 4.69) is 0 Å². The third-order valence-electron chi connectivity index (χ3n) is 1.96. The molecule has 0 aliphatic heterocycles. The van der Waals surface area contributed by atoms with E-state index in [4.69, 9.17) is 11.0 Å². The number of hydrogen-bond donors (Lipinski definition) is 1. The monoisotopic (exact) mass is 162 g/mol. The summed E-state index contributed by atoms with van der Waals surface area (Å²) >= 11 is 0. The number of nitrogens with two attached hydrogens (primary N) is 1. The summed E-state index contributed by atoms with van der Waals surface area (Å²) < 4.78 is 0. The van der Waals surface area contributed by atoms with Crippen LogP contribution in [0.1, 0.15) is 6.92 Å². The molecule has 0 aromatic rings. The number of carbonyl (C=O) groups is 1. The quantitative estimate of drug-likeness (QED) is 0.618. The molecule has 0 saturated heterocycles. The van der Waals surface area contributed by atoms with E-state index in [1.807, 2.05) is 19.1 Å². The van der Waals surface area contributed by atoms with Crippen LogP contribution < -0.4 is 5.73 Å². The van der Waals surface area contributed by atoms with Gasteiger partial charge in [0.05, 0.1) is 12.0 Å². The van der Waals surface area contributed by atoms with Gasteiger partial charge in [-0.25, -0.2) is 0 Å². The Morgan fingerprint density at radius 3 is 2.92 bits per heavy atom. The minimum absolute atomic E-state index is 0.0969. The maximum absolute atomic E-state index is 10.9. The number of hydrogen-bond acceptors (Lipinski definition) is 2. The van der Waals surface area contributed by atoms with Gasteiger partial charge in [-0.05, 0) is 12.0 Å². The summed E-state index contributed by atoms with van der Waals surface area (Å²) in [6.07, 6.45) is 5.16. The molecule has 1 rings (SSSR count). The van der Waals surface area contributed by atoms with Crippen LogP contribution in [0.4, 0.5) is 0 Å². The van der Waals surface area contributed by atoms with E-state index < -0.39 is 0 Å². The van der Waals surface area contributed by atoms with Gasteiger partial charge >= 0.3 is 0 Å². The molecule has 1 unspecified atom stereocenters. The molecular weight excluding hydrogens is 152 g/mol. The van der Waals surface area contributed by atoms with Gasteiger partial charge in [-0.3, -0.25) is 4.79 Å². The minimum atomic E-state index is -0.375. The number of amides is 1. The SMILES string of the molecule is C[C@@H]1C=CC(C#N)=CC1C(N)=O. The third kappa shape index (κ3) is 1.54. The normalized spacial score (nSPS) is 27.5. The molecule has 3 nitrogen and oxygen atoms in total. The van der Waals surface area contributed by atoms with Crippen molar-refractivity contribution >= 4 is 5.91 Å². The van der Waals surface area contributed by atoms with Crippen molar-refractivity contribution in [2.45, 2.75) is 6.92 Å². The van der Waals surface area contributed by atoms with Crippen LogP contribution in [-0.2, 0) is 4.79 Å². The van der Waals surface area contributed by atoms with Gasteiger partial charge in [0.1, 0.15) is 0 Å². The molecule has 1 aliphatic rings. The van der Waals surface area contributed by atoms with Crippen molar-refractivity contribution in [2.24, 2.45) is 17.6 Å². The Balaban J connectivity index is 2.90. The summed E-state index contributed by atoms with van der Waals surface area (Å²) in [6.45, 7) is 1.90. The molecule has 0 bridgehead atoms. The Morgan fingerprint density at radius 1 is 1.75 bits per heavy atom. The maximum Gasteiger partial charge on any atom is 0.224 e. The molecule has 2 atom stereocenters. The van der Waals surface area contributed by atoms with E-state index in [9.17, 15) is 4.79 Å². The predicted octanol–water partition coefficient (Wildman–Crippen LogP) is 0.744. The molecule has 2 N–H and O–H groups in total. The lowest BCUT2D eigenvalue weighted by atomic mass is 9.87. The topological polar surface area (TPSA) is 66.9 Å². The highest BCUT2D eigenvalue weighted by molar-refractivity contribution is 5.80. The largest absolute Gasteiger partial charge is 0.369 e. The van der Waals surface area contributed by atoms with Gasteiger partial charge in [-0.1, -0.05) is 19.1 Å². The Hall–Kier alpha value is -1.56. The van der Waals surface area contributed by atoms with Gasteiger partial charge in [-0.2, -0.15) is 5.26 Å². The van der Waals surface area contributed by atoms with E-state index >= 15 is 0 Å². The fourth-order valence-corrected chi connectivity index (χ4v) is 1.19. The standard InChI is InChI=1S/C9H10N2O/c1-6-2-3-7(5-10)4-8(6)9(11)12/h2-4,6,8H,1H3,(H2,11,12)/t6-,8?/m1/s1. The Labute approximate surface area is 71.2 Å². The second kappa shape index (κ2) is 3.22. The molecule has 0 heterocycles. The summed E-state index contributed by atoms with van der Waals surface area (Å²) in [5.41, 5.74) is 5.66. The van der Waals surface area contributed by atoms with Gasteiger partial charge in [-0.15, -0.1) is 0 Å². The van der Waals surface area contributed by atoms with Crippen LogP contribution in [0.25, 0.3) is 0 Å². The van der Waals surface area contributed by atoms with Crippen LogP contribution in [0.15, 0.2) is 23.8 Å². The second-order valence-corrected chi connectivity index (χ2v) is 2.88. The highest BCUT2D eigenvalue weighted by atomic mass is 16.1. The van der Waals surface area contributed by atoms with Gasteiger partial charge in [0, 0.05) is 5.57 Å². The molecule has 0 radical (unpaired) electrons. The first-order chi connectivity index (χ1) is 5.65. The number of nitrogens with zero attached hydrogens (tertiary/aromatic N) is 1. The molecule has 1 aliphatic carbocycles. The van der Waals surface area contributed by atoms with Crippen molar-refractivity contribution in [3.8, 4) is 6.07 Å². The van der Waals surface area contributed by atoms with E-state index in [0.717, 1.165) is 0 Å². The summed E-state index contributed by atoms with van der Waals surface area (Å²) in [6, 6.07) is 1.98. The van der Waals surface area contributed by atoms with Crippen molar-refractivity contribution in [1.82, 2.24) is 0 Å². The van der Waals surface area contributed by atoms with Crippen LogP contribution in [0.5, 0.6) is 0 Å². The van der Waals surface area contributed by atoms with Crippen molar-refractivity contribution in [3.05, 3.63) is 23.8 Å². The average Bonchev–Trinajstić information content (AvgIpc) is 2.05. The molecule has 3 heteroatoms. The van der Waals surface area contributed by atoms with Gasteiger partial charge in [0.2, 0.25) is 5.91 Å². The minimum Gasteiger partial charge on any atom is -0.369 e. The first-order valence-electron chi connectivity index (χ1n) is 3.74. The zero-order valence-electron chi connectivity index (χ0n) is 6.82. The Kier molecular flexibility index (Phi) is 2.29. The van der Waals surface area contributed by atoms with Crippen LogP contribution in [0.3, 0.4) is 0 Å². The lowest BCUT2D eigenvalue weighted by Crippen LogP contribution is -2.27. The first-order valence-corrected chi connectivity index (χ1v) is 3.74. The molecule has 0 aromatic carbocycles. The van der Waals surface area contributed by atoms with Crippen LogP contribution in [0.2, 0.25) is 0 Å². The third-order valence-corrected chi connectivity index (χ3v) is 1.96. The van der Waals surface area contributed by atoms with E-state index in [1.54, 1.807) is 12.2 Å². The summed E-state index contributed by atoms with van der Waals surface area (Å²) in [5.74, 6) is -0.608. The van der Waals surface area contributed by atoms with Gasteiger partial charge in [0.25, 0.3) is 0 Å². The molecule has 0 fully saturated rings. The lowest BCUT2D eigenvalue weighted by Gasteiger charge is -2.17. The van der Waals surface area contributed by atoms with E-state index in [0.29, 0.717) is 5.57 Å². The summed E-state index contributed by atoms with van der Waals surface area (Å²) in [7, 11) is 0. The first kappa shape index (κ1) is 8.54. The number of primary amides is 1. The fraction of sp³-hybridized carbons (Fsp3) is 0.333. The van der Waals surface area contributed by atoms with Gasteiger partial charge < -0.3 is 5.73 Å². The molecule has 12 heavy (non-hydrogen) atoms. The fourth-order valence-electron chi connectivity index (χ4n) is 1.19. The van der Waals surface area contributed by atoms with E-state index in [-0.39, 0.29) is 17.7 Å². The van der Waals surface area contributed by atoms with Crippen LogP contribution in [-0.4, -0.2) is 5.91 Å². The van der Waals surface area contributed by atoms with Crippen molar-refractivity contribution in [1.29, 1.82) is 5.26 Å². The number of carbonyl (C=O) groups excluding carboxylic acids is 1. The van der Waals surface area contributed by atoms with Crippen molar-refractivity contribution in [3.63, 3.8) is 0 Å². The lowest BCUT2D eigenvalue weighted by molar-refractivity contribution is -0.121. The van der Waals surface area contributed by atoms with Crippen molar-refractivity contribution < 1.29 is 4.79 Å². The van der Waals surface area contributed by atoms with Gasteiger partial charge in [0.15, 0.2) is 0 Å². The van der Waals surface area contributed by atoms with Crippen molar-refractivity contribution in [2.75, 3.05) is 0 Å². The Morgan fingerprint density at radius 2 is 2.42 bits per heavy atom. The predicted molar refractivity (Wildman–Crippen MR) is 44.7 cm³/mol. The summed E-state index contributed by atoms with van der Waals surface area (Å²) in [5, 5.41) is 8.56. The molecule has 0 aromatic heterocycles. The maximum atomic E-state index is 10.9. The molecular formula is C9H10N2O. The number of allylic oxidation sites excluding steroid dienone is 3. The smallest absolute Gasteiger partial charge is 0.224 e. The van der Waals surface area contributed by atoms with Crippen LogP contribution in [0, 0.1) is 23.2 Å². The molecule has 62 valence electrons. The van der Waals surface area contributed by atoms with Crippen LogP contribution >= 0.6 is 0 Å². The highest BCUT2D eigenvalue weighted by Gasteiger charge is 2.21. The molecule has 0 spiro atoms. The molecule has 1 amide bonds. The average molecular weight is 162 g/mol.